The normalized spacial score (nSPS) is 21.5. The van der Waals surface area contributed by atoms with Gasteiger partial charge in [0.15, 0.2) is 0 Å². The molecule has 0 spiro atoms. The number of aryl methyl sites for hydroxylation is 1. The van der Waals surface area contributed by atoms with E-state index in [1.165, 1.54) is 0 Å². The lowest BCUT2D eigenvalue weighted by atomic mass is 9.83. The molecule has 4 rings (SSSR count). The number of benzene rings is 2. The van der Waals surface area contributed by atoms with E-state index >= 15 is 0 Å². The van der Waals surface area contributed by atoms with Crippen molar-refractivity contribution in [2.75, 3.05) is 32.1 Å². The quantitative estimate of drug-likeness (QED) is 0.696. The molecule has 2 aromatic rings. The van der Waals surface area contributed by atoms with Crippen LogP contribution in [0.2, 0.25) is 0 Å². The smallest absolute Gasteiger partial charge is 0.321 e. The number of fused-ring (bicyclic) bond motifs is 1. The van der Waals surface area contributed by atoms with Crippen LogP contribution in [0, 0.1) is 12.8 Å². The number of hydrogen-bond donors (Lipinski definition) is 3. The van der Waals surface area contributed by atoms with Gasteiger partial charge >= 0.3 is 6.03 Å². The van der Waals surface area contributed by atoms with Crippen LogP contribution in [0.1, 0.15) is 35.6 Å². The van der Waals surface area contributed by atoms with Crippen LogP contribution in [-0.4, -0.2) is 48.9 Å². The zero-order valence-corrected chi connectivity index (χ0v) is 18.1. The Balaban J connectivity index is 1.38. The van der Waals surface area contributed by atoms with E-state index < -0.39 is 0 Å². The molecule has 0 unspecified atom stereocenters. The lowest BCUT2D eigenvalue weighted by molar-refractivity contribution is -0.0624. The summed E-state index contributed by atoms with van der Waals surface area (Å²) in [6, 6.07) is 11.2. The zero-order valence-electron chi connectivity index (χ0n) is 18.1. The molecular weight excluding hydrogens is 394 g/mol. The highest BCUT2D eigenvalue weighted by molar-refractivity contribution is 5.89. The van der Waals surface area contributed by atoms with Gasteiger partial charge in [-0.25, -0.2) is 4.79 Å². The number of nitrogens with two attached hydrogens (primary N) is 1. The molecule has 0 bridgehead atoms. The molecule has 1 saturated heterocycles. The van der Waals surface area contributed by atoms with Gasteiger partial charge in [-0.3, -0.25) is 0 Å². The summed E-state index contributed by atoms with van der Waals surface area (Å²) >= 11 is 0. The molecule has 2 aliphatic rings. The summed E-state index contributed by atoms with van der Waals surface area (Å²) in [5, 5.41) is 13.5. The number of anilines is 1. The minimum Gasteiger partial charge on any atom is -0.507 e. The number of rotatable bonds is 4. The highest BCUT2D eigenvalue weighted by atomic mass is 16.5. The summed E-state index contributed by atoms with van der Waals surface area (Å²) in [5.74, 6) is 1.39. The van der Waals surface area contributed by atoms with Crippen molar-refractivity contribution in [3.8, 4) is 11.5 Å². The Labute approximate surface area is 183 Å². The van der Waals surface area contributed by atoms with Crippen LogP contribution in [0.5, 0.6) is 11.5 Å². The van der Waals surface area contributed by atoms with Crippen LogP contribution in [-0.2, 0) is 11.2 Å². The van der Waals surface area contributed by atoms with Crippen molar-refractivity contribution >= 4 is 11.7 Å². The Bertz CT molecular complexity index is 940. The lowest BCUT2D eigenvalue weighted by Crippen LogP contribution is -2.45. The first-order valence-electron chi connectivity index (χ1n) is 10.9. The number of carbonyl (C=O) groups excluding carboxylic acids is 1. The van der Waals surface area contributed by atoms with Gasteiger partial charge in [-0.1, -0.05) is 18.2 Å². The zero-order chi connectivity index (χ0) is 22.0. The van der Waals surface area contributed by atoms with E-state index in [-0.39, 0.29) is 18.2 Å². The number of piperidine rings is 1. The van der Waals surface area contributed by atoms with Crippen LogP contribution in [0.3, 0.4) is 0 Å². The van der Waals surface area contributed by atoms with E-state index in [2.05, 4.69) is 5.32 Å². The van der Waals surface area contributed by atoms with Crippen molar-refractivity contribution in [3.63, 3.8) is 0 Å². The van der Waals surface area contributed by atoms with Crippen molar-refractivity contribution in [2.45, 2.75) is 38.4 Å². The number of methoxy groups -OCH3 is 1. The van der Waals surface area contributed by atoms with E-state index in [0.717, 1.165) is 35.2 Å². The SMILES string of the molecule is COc1cccc(NC(=O)N2CCC([C@@H]3Cc4c(ccc(C)c4O)[C@H](CN)O3)CC2)c1. The first-order chi connectivity index (χ1) is 15.0. The largest absolute Gasteiger partial charge is 0.507 e. The molecule has 2 atom stereocenters. The topological polar surface area (TPSA) is 97.0 Å². The fourth-order valence-corrected chi connectivity index (χ4v) is 4.66. The highest BCUT2D eigenvalue weighted by Gasteiger charge is 2.36. The van der Waals surface area contributed by atoms with Gasteiger partial charge < -0.3 is 30.5 Å². The second kappa shape index (κ2) is 9.16. The number of phenols is 1. The number of aromatic hydroxyl groups is 1. The van der Waals surface area contributed by atoms with Crippen LogP contribution in [0.15, 0.2) is 36.4 Å². The molecule has 0 radical (unpaired) electrons. The Hall–Kier alpha value is -2.77. The molecule has 7 nitrogen and oxygen atoms in total. The van der Waals surface area contributed by atoms with Crippen molar-refractivity contribution in [1.29, 1.82) is 0 Å². The molecular formula is C24H31N3O4. The maximum absolute atomic E-state index is 12.7. The average molecular weight is 426 g/mol. The standard InChI is InChI=1S/C24H31N3O4/c1-15-6-7-19-20(23(15)28)13-21(31-22(19)14-25)16-8-10-27(11-9-16)24(29)26-17-4-3-5-18(12-17)30-2/h3-7,12,16,21-22,28H,8-11,13-14,25H2,1-2H3,(H,26,29)/t21-,22-/m0/s1. The van der Waals surface area contributed by atoms with E-state index in [9.17, 15) is 9.90 Å². The van der Waals surface area contributed by atoms with Crippen LogP contribution >= 0.6 is 0 Å². The minimum absolute atomic E-state index is 0.00246. The van der Waals surface area contributed by atoms with Gasteiger partial charge in [0.05, 0.1) is 19.3 Å². The lowest BCUT2D eigenvalue weighted by Gasteiger charge is -2.40. The van der Waals surface area contributed by atoms with Gasteiger partial charge in [0.25, 0.3) is 0 Å². The molecule has 166 valence electrons. The third-order valence-electron chi connectivity index (χ3n) is 6.50. The molecule has 4 N–H and O–H groups in total. The van der Waals surface area contributed by atoms with Gasteiger partial charge in [-0.2, -0.15) is 0 Å². The second-order valence-electron chi connectivity index (χ2n) is 8.39. The van der Waals surface area contributed by atoms with Gasteiger partial charge in [-0.15, -0.1) is 0 Å². The molecule has 1 fully saturated rings. The van der Waals surface area contributed by atoms with E-state index in [0.29, 0.717) is 43.5 Å². The number of hydrogen-bond acceptors (Lipinski definition) is 5. The molecule has 0 aromatic heterocycles. The van der Waals surface area contributed by atoms with Crippen molar-refractivity contribution in [3.05, 3.63) is 53.1 Å². The molecule has 0 aliphatic carbocycles. The number of carbonyl (C=O) groups is 1. The van der Waals surface area contributed by atoms with Crippen molar-refractivity contribution in [2.24, 2.45) is 11.7 Å². The first-order valence-corrected chi connectivity index (χ1v) is 10.9. The van der Waals surface area contributed by atoms with Gasteiger partial charge in [0.2, 0.25) is 0 Å². The minimum atomic E-state index is -0.199. The Morgan fingerprint density at radius 3 is 2.77 bits per heavy atom. The fourth-order valence-electron chi connectivity index (χ4n) is 4.66. The number of nitrogens with one attached hydrogen (secondary N) is 1. The Morgan fingerprint density at radius 1 is 1.29 bits per heavy atom. The van der Waals surface area contributed by atoms with Crippen molar-refractivity contribution < 1.29 is 19.4 Å². The molecule has 0 saturated carbocycles. The molecule has 2 aromatic carbocycles. The van der Waals surface area contributed by atoms with E-state index in [1.54, 1.807) is 13.2 Å². The summed E-state index contributed by atoms with van der Waals surface area (Å²) < 4.78 is 11.6. The predicted molar refractivity (Wildman–Crippen MR) is 120 cm³/mol. The molecule has 2 heterocycles. The maximum Gasteiger partial charge on any atom is 0.321 e. The Morgan fingerprint density at radius 2 is 2.06 bits per heavy atom. The number of phenolic OH excluding ortho intramolecular Hbond substituents is 1. The van der Waals surface area contributed by atoms with Crippen molar-refractivity contribution in [1.82, 2.24) is 4.90 Å². The number of likely N-dealkylation sites (tertiary alicyclic amines) is 1. The van der Waals surface area contributed by atoms with Gasteiger partial charge in [-0.05, 0) is 48.9 Å². The third-order valence-corrected chi connectivity index (χ3v) is 6.50. The maximum atomic E-state index is 12.7. The Kier molecular flexibility index (Phi) is 6.34. The van der Waals surface area contributed by atoms with E-state index in [4.69, 9.17) is 15.2 Å². The highest BCUT2D eigenvalue weighted by Crippen LogP contribution is 2.40. The van der Waals surface area contributed by atoms with Gasteiger partial charge in [0.1, 0.15) is 11.5 Å². The number of nitrogens with zero attached hydrogens (tertiary/aromatic N) is 1. The van der Waals surface area contributed by atoms with Crippen LogP contribution < -0.4 is 15.8 Å². The van der Waals surface area contributed by atoms with Crippen LogP contribution in [0.4, 0.5) is 10.5 Å². The molecule has 7 heteroatoms. The summed E-state index contributed by atoms with van der Waals surface area (Å²) in [7, 11) is 1.60. The number of amides is 2. The molecule has 2 aliphatic heterocycles. The number of urea groups is 1. The monoisotopic (exact) mass is 425 g/mol. The number of ether oxygens (including phenoxy) is 2. The predicted octanol–water partition coefficient (Wildman–Crippen LogP) is 3.59. The average Bonchev–Trinajstić information content (AvgIpc) is 2.81. The summed E-state index contributed by atoms with van der Waals surface area (Å²) in [6.45, 7) is 3.63. The second-order valence-corrected chi connectivity index (χ2v) is 8.39. The third kappa shape index (κ3) is 4.48. The van der Waals surface area contributed by atoms with Crippen LogP contribution in [0.25, 0.3) is 0 Å². The molecule has 2 amide bonds. The summed E-state index contributed by atoms with van der Waals surface area (Å²) in [5.41, 5.74) is 9.53. The van der Waals surface area contributed by atoms with Gasteiger partial charge in [0, 0.05) is 43.4 Å². The fraction of sp³-hybridized carbons (Fsp3) is 0.458. The van der Waals surface area contributed by atoms with E-state index in [1.807, 2.05) is 42.2 Å². The summed E-state index contributed by atoms with van der Waals surface area (Å²) in [4.78, 5) is 14.5. The molecule has 31 heavy (non-hydrogen) atoms. The summed E-state index contributed by atoms with van der Waals surface area (Å²) in [6.07, 6.45) is 2.19. The first kappa shape index (κ1) is 21.5.